The standard InChI is InChI=1S/C16H20N2O4S2/c1-9-15(21)11(7-19)13(5-17-9)23-3-4-24-14-6-18-10(2)16(22)12(14)8-20/h5-6,19-22H,3-4,7-8H2,1-2H3. The molecule has 8 heteroatoms. The molecule has 0 aromatic carbocycles. The minimum Gasteiger partial charge on any atom is -0.506 e. The van der Waals surface area contributed by atoms with Crippen LogP contribution in [-0.4, -0.2) is 41.9 Å². The van der Waals surface area contributed by atoms with Crippen molar-refractivity contribution < 1.29 is 20.4 Å². The molecule has 0 aliphatic heterocycles. The molecule has 0 radical (unpaired) electrons. The van der Waals surface area contributed by atoms with Gasteiger partial charge in [0.05, 0.1) is 24.6 Å². The summed E-state index contributed by atoms with van der Waals surface area (Å²) in [5.41, 5.74) is 1.96. The second kappa shape index (κ2) is 8.57. The zero-order chi connectivity index (χ0) is 17.7. The molecule has 6 nitrogen and oxygen atoms in total. The normalized spacial score (nSPS) is 11.0. The molecule has 0 aliphatic carbocycles. The van der Waals surface area contributed by atoms with Crippen LogP contribution in [0.25, 0.3) is 0 Å². The lowest BCUT2D eigenvalue weighted by atomic mass is 10.2. The summed E-state index contributed by atoms with van der Waals surface area (Å²) in [7, 11) is 0. The molecule has 0 bridgehead atoms. The summed E-state index contributed by atoms with van der Waals surface area (Å²) < 4.78 is 0. The number of nitrogens with zero attached hydrogens (tertiary/aromatic N) is 2. The molecule has 24 heavy (non-hydrogen) atoms. The molecule has 2 aromatic heterocycles. The second-order valence-electron chi connectivity index (χ2n) is 5.08. The van der Waals surface area contributed by atoms with E-state index < -0.39 is 0 Å². The first-order valence-electron chi connectivity index (χ1n) is 7.31. The predicted octanol–water partition coefficient (Wildman–Crippen LogP) is 2.37. The van der Waals surface area contributed by atoms with Crippen molar-refractivity contribution in [2.45, 2.75) is 36.9 Å². The average molecular weight is 368 g/mol. The van der Waals surface area contributed by atoms with Crippen molar-refractivity contribution in [3.8, 4) is 11.5 Å². The van der Waals surface area contributed by atoms with Crippen LogP contribution in [0.5, 0.6) is 11.5 Å². The lowest BCUT2D eigenvalue weighted by molar-refractivity contribution is 0.271. The number of hydrogen-bond acceptors (Lipinski definition) is 8. The van der Waals surface area contributed by atoms with Crippen LogP contribution in [0.1, 0.15) is 22.5 Å². The fraction of sp³-hybridized carbons (Fsp3) is 0.375. The van der Waals surface area contributed by atoms with Crippen LogP contribution in [0.4, 0.5) is 0 Å². The highest BCUT2D eigenvalue weighted by atomic mass is 32.2. The molecule has 2 heterocycles. The van der Waals surface area contributed by atoms with Gasteiger partial charge in [0, 0.05) is 44.8 Å². The van der Waals surface area contributed by atoms with Crippen LogP contribution in [0.3, 0.4) is 0 Å². The average Bonchev–Trinajstić information content (AvgIpc) is 2.58. The van der Waals surface area contributed by atoms with Crippen LogP contribution in [0.2, 0.25) is 0 Å². The van der Waals surface area contributed by atoms with Crippen molar-refractivity contribution in [2.24, 2.45) is 0 Å². The third kappa shape index (κ3) is 4.13. The molecule has 0 atom stereocenters. The number of rotatable bonds is 7. The summed E-state index contributed by atoms with van der Waals surface area (Å²) in [4.78, 5) is 9.70. The summed E-state index contributed by atoms with van der Waals surface area (Å²) in [5, 5.41) is 38.7. The van der Waals surface area contributed by atoms with E-state index in [1.807, 2.05) is 0 Å². The Kier molecular flexibility index (Phi) is 6.73. The van der Waals surface area contributed by atoms with Gasteiger partial charge in [-0.25, -0.2) is 0 Å². The maximum atomic E-state index is 9.93. The van der Waals surface area contributed by atoms with Crippen LogP contribution < -0.4 is 0 Å². The molecule has 0 spiro atoms. The number of aryl methyl sites for hydroxylation is 2. The van der Waals surface area contributed by atoms with E-state index in [0.29, 0.717) is 34.0 Å². The highest BCUT2D eigenvalue weighted by Crippen LogP contribution is 2.34. The highest BCUT2D eigenvalue weighted by Gasteiger charge is 2.13. The smallest absolute Gasteiger partial charge is 0.143 e. The molecular weight excluding hydrogens is 348 g/mol. The minimum absolute atomic E-state index is 0.0328. The Bertz CT molecular complexity index is 664. The van der Waals surface area contributed by atoms with E-state index in [2.05, 4.69) is 9.97 Å². The Hall–Kier alpha value is -1.48. The van der Waals surface area contributed by atoms with Crippen molar-refractivity contribution in [3.63, 3.8) is 0 Å². The fourth-order valence-electron chi connectivity index (χ4n) is 2.12. The lowest BCUT2D eigenvalue weighted by Gasteiger charge is -2.12. The molecule has 130 valence electrons. The third-order valence-corrected chi connectivity index (χ3v) is 5.92. The van der Waals surface area contributed by atoms with E-state index in [1.54, 1.807) is 26.2 Å². The van der Waals surface area contributed by atoms with Crippen LogP contribution >= 0.6 is 23.5 Å². The van der Waals surface area contributed by atoms with Gasteiger partial charge in [-0.05, 0) is 13.8 Å². The van der Waals surface area contributed by atoms with Gasteiger partial charge >= 0.3 is 0 Å². The number of aliphatic hydroxyl groups is 2. The van der Waals surface area contributed by atoms with Crippen molar-refractivity contribution in [2.75, 3.05) is 11.5 Å². The quantitative estimate of drug-likeness (QED) is 0.436. The first kappa shape index (κ1) is 18.9. The molecule has 2 aromatic rings. The van der Waals surface area contributed by atoms with Crippen molar-refractivity contribution in [1.82, 2.24) is 9.97 Å². The molecule has 4 N–H and O–H groups in total. The number of thioether (sulfide) groups is 2. The molecule has 0 aliphatic rings. The summed E-state index contributed by atoms with van der Waals surface area (Å²) in [6.45, 7) is 2.89. The van der Waals surface area contributed by atoms with Crippen LogP contribution in [0, 0.1) is 13.8 Å². The number of pyridine rings is 2. The first-order chi connectivity index (χ1) is 11.5. The van der Waals surface area contributed by atoms with E-state index >= 15 is 0 Å². The molecule has 2 rings (SSSR count). The monoisotopic (exact) mass is 368 g/mol. The largest absolute Gasteiger partial charge is 0.506 e. The molecule has 0 amide bonds. The van der Waals surface area contributed by atoms with Crippen molar-refractivity contribution >= 4 is 23.5 Å². The highest BCUT2D eigenvalue weighted by molar-refractivity contribution is 8.03. The van der Waals surface area contributed by atoms with Gasteiger partial charge in [-0.1, -0.05) is 0 Å². The van der Waals surface area contributed by atoms with Crippen LogP contribution in [0.15, 0.2) is 22.2 Å². The summed E-state index contributed by atoms with van der Waals surface area (Å²) in [5.74, 6) is 1.48. The second-order valence-corrected chi connectivity index (χ2v) is 7.36. The Labute approximate surface area is 149 Å². The predicted molar refractivity (Wildman–Crippen MR) is 94.6 cm³/mol. The number of aliphatic hydroxyl groups excluding tert-OH is 2. The molecule has 0 saturated heterocycles. The zero-order valence-electron chi connectivity index (χ0n) is 13.5. The van der Waals surface area contributed by atoms with Gasteiger partial charge in [0.2, 0.25) is 0 Å². The van der Waals surface area contributed by atoms with Gasteiger partial charge in [0.25, 0.3) is 0 Å². The molecule has 0 unspecified atom stereocenters. The fourth-order valence-corrected chi connectivity index (χ4v) is 4.15. The summed E-state index contributed by atoms with van der Waals surface area (Å²) in [6, 6.07) is 0. The maximum Gasteiger partial charge on any atom is 0.143 e. The zero-order valence-corrected chi connectivity index (χ0v) is 15.1. The van der Waals surface area contributed by atoms with Crippen LogP contribution in [-0.2, 0) is 13.2 Å². The van der Waals surface area contributed by atoms with E-state index in [1.165, 1.54) is 23.5 Å². The number of aromatic nitrogens is 2. The Morgan fingerprint density at radius 1 is 0.792 bits per heavy atom. The van der Waals surface area contributed by atoms with E-state index in [9.17, 15) is 20.4 Å². The SMILES string of the molecule is Cc1ncc(SCCSc2cnc(C)c(O)c2CO)c(CO)c1O. The van der Waals surface area contributed by atoms with Crippen molar-refractivity contribution in [1.29, 1.82) is 0 Å². The Morgan fingerprint density at radius 2 is 1.17 bits per heavy atom. The van der Waals surface area contributed by atoms with Gasteiger partial charge in [0.15, 0.2) is 0 Å². The van der Waals surface area contributed by atoms with Gasteiger partial charge in [0.1, 0.15) is 11.5 Å². The third-order valence-electron chi connectivity index (χ3n) is 3.52. The number of hydrogen-bond donors (Lipinski definition) is 4. The van der Waals surface area contributed by atoms with Gasteiger partial charge in [-0.3, -0.25) is 9.97 Å². The topological polar surface area (TPSA) is 107 Å². The number of aromatic hydroxyl groups is 2. The van der Waals surface area contributed by atoms with Gasteiger partial charge < -0.3 is 20.4 Å². The van der Waals surface area contributed by atoms with Crippen molar-refractivity contribution in [3.05, 3.63) is 34.9 Å². The summed E-state index contributed by atoms with van der Waals surface area (Å²) in [6.07, 6.45) is 3.29. The van der Waals surface area contributed by atoms with E-state index in [4.69, 9.17) is 0 Å². The Balaban J connectivity index is 1.99. The first-order valence-corrected chi connectivity index (χ1v) is 9.28. The van der Waals surface area contributed by atoms with E-state index in [0.717, 1.165) is 9.79 Å². The van der Waals surface area contributed by atoms with Gasteiger partial charge in [-0.15, -0.1) is 23.5 Å². The molecule has 0 saturated carbocycles. The molecular formula is C16H20N2O4S2. The maximum absolute atomic E-state index is 9.93. The Morgan fingerprint density at radius 3 is 1.50 bits per heavy atom. The van der Waals surface area contributed by atoms with Gasteiger partial charge in [-0.2, -0.15) is 0 Å². The summed E-state index contributed by atoms with van der Waals surface area (Å²) >= 11 is 2.97. The van der Waals surface area contributed by atoms with E-state index in [-0.39, 0.29) is 24.7 Å². The minimum atomic E-state index is -0.241. The molecule has 0 fully saturated rings. The lowest BCUT2D eigenvalue weighted by Crippen LogP contribution is -1.97.